The topological polar surface area (TPSA) is 151 Å². The molecule has 44 heavy (non-hydrogen) atoms. The van der Waals surface area contributed by atoms with Crippen LogP contribution in [0.15, 0.2) is 70.5 Å². The Bertz CT molecular complexity index is 1950. The van der Waals surface area contributed by atoms with Gasteiger partial charge in [-0.3, -0.25) is 9.36 Å². The molecule has 0 spiro atoms. The Labute approximate surface area is 254 Å². The van der Waals surface area contributed by atoms with Gasteiger partial charge in [0.25, 0.3) is 5.56 Å². The van der Waals surface area contributed by atoms with E-state index in [9.17, 15) is 29.0 Å². The van der Waals surface area contributed by atoms with Crippen molar-refractivity contribution in [1.82, 2.24) is 24.1 Å². The first kappa shape index (κ1) is 30.8. The van der Waals surface area contributed by atoms with Crippen molar-refractivity contribution in [3.63, 3.8) is 0 Å². The van der Waals surface area contributed by atoms with E-state index in [1.807, 2.05) is 6.07 Å². The summed E-state index contributed by atoms with van der Waals surface area (Å²) in [6, 6.07) is 12.3. The molecule has 0 amide bonds. The van der Waals surface area contributed by atoms with Crippen molar-refractivity contribution in [1.29, 1.82) is 0 Å². The lowest BCUT2D eigenvalue weighted by molar-refractivity contribution is -0.154. The maximum atomic E-state index is 14.4. The van der Waals surface area contributed by atoms with Crippen LogP contribution in [0.3, 0.4) is 0 Å². The number of aliphatic hydroxyl groups excluding tert-OH is 1. The summed E-state index contributed by atoms with van der Waals surface area (Å²) in [5.41, 5.74) is -4.81. The van der Waals surface area contributed by atoms with Gasteiger partial charge in [0.1, 0.15) is 39.1 Å². The van der Waals surface area contributed by atoms with Crippen molar-refractivity contribution in [2.24, 2.45) is 0 Å². The molecule has 0 aliphatic carbocycles. The quantitative estimate of drug-likeness (QED) is 0.224. The molecule has 2 N–H and O–H groups in total. The second-order valence-corrected chi connectivity index (χ2v) is 11.7. The molecule has 230 valence electrons. The summed E-state index contributed by atoms with van der Waals surface area (Å²) >= 11 is 1.00. The van der Waals surface area contributed by atoms with E-state index in [-0.39, 0.29) is 28.1 Å². The number of methoxy groups -OCH3 is 1. The zero-order chi connectivity index (χ0) is 31.8. The number of nitrogens with zero attached hydrogens (tertiary/aromatic N) is 5. The molecule has 0 aliphatic heterocycles. The van der Waals surface area contributed by atoms with Crippen LogP contribution in [0.1, 0.15) is 30.5 Å². The highest BCUT2D eigenvalue weighted by atomic mass is 32.1. The molecule has 14 heteroatoms. The summed E-state index contributed by atoms with van der Waals surface area (Å²) in [5, 5.41) is 30.9. The van der Waals surface area contributed by atoms with Gasteiger partial charge in [-0.25, -0.2) is 18.5 Å². The van der Waals surface area contributed by atoms with E-state index in [0.29, 0.717) is 16.1 Å². The fourth-order valence-electron chi connectivity index (χ4n) is 5.00. The maximum Gasteiger partial charge on any atom is 0.333 e. The van der Waals surface area contributed by atoms with E-state index in [4.69, 9.17) is 9.47 Å². The van der Waals surface area contributed by atoms with Crippen molar-refractivity contribution in [2.45, 2.75) is 45.1 Å². The average molecular weight is 624 g/mol. The fraction of sp³-hybridized carbons (Fsp3) is 0.300. The smallest absolute Gasteiger partial charge is 0.333 e. The van der Waals surface area contributed by atoms with E-state index < -0.39 is 47.3 Å². The van der Waals surface area contributed by atoms with Crippen LogP contribution in [-0.2, 0) is 33.8 Å². The van der Waals surface area contributed by atoms with E-state index in [0.717, 1.165) is 32.6 Å². The highest BCUT2D eigenvalue weighted by Gasteiger charge is 2.40. The Kier molecular flexibility index (Phi) is 8.25. The molecular formula is C30H30FN5O7S. The number of aryl methyl sites for hydroxylation is 1. The van der Waals surface area contributed by atoms with Crippen LogP contribution in [0.2, 0.25) is 0 Å². The molecule has 0 fully saturated rings. The van der Waals surface area contributed by atoms with Gasteiger partial charge in [0.2, 0.25) is 0 Å². The van der Waals surface area contributed by atoms with Gasteiger partial charge in [-0.1, -0.05) is 41.7 Å². The van der Waals surface area contributed by atoms with Crippen LogP contribution in [0.25, 0.3) is 15.2 Å². The second-order valence-electron chi connectivity index (χ2n) is 10.7. The Morgan fingerprint density at radius 1 is 1.09 bits per heavy atom. The van der Waals surface area contributed by atoms with Gasteiger partial charge in [-0.15, -0.1) is 4.80 Å². The Morgan fingerprint density at radius 2 is 1.77 bits per heavy atom. The summed E-state index contributed by atoms with van der Waals surface area (Å²) in [6.07, 6.45) is 2.89. The molecule has 1 unspecified atom stereocenters. The minimum atomic E-state index is -2.26. The summed E-state index contributed by atoms with van der Waals surface area (Å²) in [4.78, 5) is 43.2. The van der Waals surface area contributed by atoms with Crippen molar-refractivity contribution < 1.29 is 28.9 Å². The third-order valence-corrected chi connectivity index (χ3v) is 8.68. The number of thiophene rings is 1. The summed E-state index contributed by atoms with van der Waals surface area (Å²) in [5.74, 6) is -1.50. The highest BCUT2D eigenvalue weighted by Crippen LogP contribution is 2.35. The van der Waals surface area contributed by atoms with E-state index in [1.54, 1.807) is 31.2 Å². The number of halogens is 1. The van der Waals surface area contributed by atoms with Gasteiger partial charge in [0.05, 0.1) is 38.0 Å². The molecule has 5 aromatic rings. The van der Waals surface area contributed by atoms with Crippen LogP contribution in [0, 0.1) is 12.7 Å². The summed E-state index contributed by atoms with van der Waals surface area (Å²) in [7, 11) is 1.31. The van der Waals surface area contributed by atoms with Crippen molar-refractivity contribution in [2.75, 3.05) is 13.7 Å². The number of benzene rings is 2. The van der Waals surface area contributed by atoms with E-state index in [2.05, 4.69) is 10.2 Å². The third-order valence-electron chi connectivity index (χ3n) is 7.40. The van der Waals surface area contributed by atoms with Crippen LogP contribution in [0.5, 0.6) is 5.75 Å². The molecule has 2 aromatic carbocycles. The number of rotatable bonds is 10. The number of aromatic nitrogens is 5. The van der Waals surface area contributed by atoms with Crippen molar-refractivity contribution in [3.8, 4) is 10.8 Å². The highest BCUT2D eigenvalue weighted by molar-refractivity contribution is 7.21. The number of fused-ring (bicyclic) bond motifs is 1. The molecule has 0 aliphatic rings. The van der Waals surface area contributed by atoms with Crippen molar-refractivity contribution >= 4 is 27.5 Å². The molecule has 5 rings (SSSR count). The number of hydrogen-bond donors (Lipinski definition) is 2. The first-order valence-electron chi connectivity index (χ1n) is 13.5. The lowest BCUT2D eigenvalue weighted by atomic mass is 9.93. The number of ether oxygens (including phenoxy) is 2. The normalized spacial score (nSPS) is 13.2. The number of aliphatic hydroxyl groups is 2. The predicted molar refractivity (Wildman–Crippen MR) is 159 cm³/mol. The van der Waals surface area contributed by atoms with Gasteiger partial charge in [0, 0.05) is 11.1 Å². The fourth-order valence-corrected chi connectivity index (χ4v) is 6.20. The SMILES string of the molecule is COc1ccc(F)cc1C(O)(CO)Cn1c(=O)n(C(C)(C)C(=O)OCc2ccccc2)c(=O)c2c(C)c(-n3nccn3)sc21. The van der Waals surface area contributed by atoms with Crippen LogP contribution >= 0.6 is 11.3 Å². The lowest BCUT2D eigenvalue weighted by Crippen LogP contribution is -2.54. The number of carbonyl (C=O) groups excluding carboxylic acids is 1. The first-order chi connectivity index (χ1) is 20.9. The van der Waals surface area contributed by atoms with Gasteiger partial charge in [-0.2, -0.15) is 10.2 Å². The molecule has 1 atom stereocenters. The third kappa shape index (κ3) is 5.31. The van der Waals surface area contributed by atoms with Gasteiger partial charge in [-0.05, 0) is 44.5 Å². The van der Waals surface area contributed by atoms with Gasteiger partial charge >= 0.3 is 11.7 Å². The predicted octanol–water partition coefficient (Wildman–Crippen LogP) is 2.62. The molecule has 3 aromatic heterocycles. The zero-order valence-corrected chi connectivity index (χ0v) is 25.2. The lowest BCUT2D eigenvalue weighted by Gasteiger charge is -2.30. The molecule has 0 bridgehead atoms. The first-order valence-corrected chi connectivity index (χ1v) is 14.3. The van der Waals surface area contributed by atoms with E-state index >= 15 is 0 Å². The standard InChI is InChI=1S/C30H30FN5O7S/c1-18-23-24(38)35(29(2,3)27(39)43-15-19-8-6-5-7-9-19)28(40)34(26(23)44-25(18)36-32-12-13-33-36)16-30(41,17-37)21-14-20(31)10-11-22(21)42-4/h5-14,37,41H,15-17H2,1-4H3. The summed E-state index contributed by atoms with van der Waals surface area (Å²) < 4.78 is 27.0. The minimum Gasteiger partial charge on any atom is -0.496 e. The number of esters is 1. The average Bonchev–Trinajstić information content (AvgIpc) is 3.66. The largest absolute Gasteiger partial charge is 0.496 e. The molecule has 3 heterocycles. The van der Waals surface area contributed by atoms with Crippen molar-refractivity contribution in [3.05, 3.63) is 104 Å². The van der Waals surface area contributed by atoms with Crippen LogP contribution in [0.4, 0.5) is 4.39 Å². The molecular weight excluding hydrogens is 593 g/mol. The Hall–Kier alpha value is -4.66. The van der Waals surface area contributed by atoms with Crippen LogP contribution < -0.4 is 16.0 Å². The monoisotopic (exact) mass is 623 g/mol. The minimum absolute atomic E-state index is 0.0641. The van der Waals surface area contributed by atoms with E-state index in [1.165, 1.54) is 44.2 Å². The molecule has 0 saturated carbocycles. The zero-order valence-electron chi connectivity index (χ0n) is 24.4. The maximum absolute atomic E-state index is 14.4. The van der Waals surface area contributed by atoms with Gasteiger partial charge < -0.3 is 19.7 Å². The van der Waals surface area contributed by atoms with Crippen LogP contribution in [-0.4, -0.2) is 54.0 Å². The second kappa shape index (κ2) is 11.8. The Morgan fingerprint density at radius 3 is 2.41 bits per heavy atom. The summed E-state index contributed by atoms with van der Waals surface area (Å²) in [6.45, 7) is 2.73. The molecule has 12 nitrogen and oxygen atoms in total. The number of carbonyl (C=O) groups is 1. The van der Waals surface area contributed by atoms with Gasteiger partial charge in [0.15, 0.2) is 0 Å². The number of hydrogen-bond acceptors (Lipinski definition) is 10. The Balaban J connectivity index is 1.73. The molecule has 0 radical (unpaired) electrons. The molecule has 0 saturated heterocycles.